The van der Waals surface area contributed by atoms with Gasteiger partial charge in [0.1, 0.15) is 0 Å². The normalized spacial score (nSPS) is 13.8. The Balaban J connectivity index is 1.71. The van der Waals surface area contributed by atoms with Gasteiger partial charge in [0.15, 0.2) is 0 Å². The largest absolute Gasteiger partial charge is 0.382 e. The van der Waals surface area contributed by atoms with Gasteiger partial charge in [0.05, 0.1) is 23.1 Å². The Hall–Kier alpha value is -1.44. The molecule has 0 aliphatic heterocycles. The number of carbonyl (C=O) groups is 2. The lowest BCUT2D eigenvalue weighted by Crippen LogP contribution is -2.25. The molecule has 0 atom stereocenters. The second-order valence-electron chi connectivity index (χ2n) is 5.60. The van der Waals surface area contributed by atoms with Crippen molar-refractivity contribution in [2.75, 3.05) is 38.8 Å². The molecule has 0 aromatic carbocycles. The highest BCUT2D eigenvalue weighted by Gasteiger charge is 2.30. The summed E-state index contributed by atoms with van der Waals surface area (Å²) in [5.74, 6) is 0.121. The maximum atomic E-state index is 12.2. The molecule has 1 fully saturated rings. The Kier molecular flexibility index (Phi) is 7.01. The molecule has 1 aromatic heterocycles. The minimum atomic E-state index is -0.101. The lowest BCUT2D eigenvalue weighted by molar-refractivity contribution is -0.117. The molecule has 1 aromatic rings. The zero-order chi connectivity index (χ0) is 16.7. The van der Waals surface area contributed by atoms with Gasteiger partial charge >= 0.3 is 0 Å². The van der Waals surface area contributed by atoms with Crippen molar-refractivity contribution < 1.29 is 19.1 Å². The molecule has 0 saturated heterocycles. The van der Waals surface area contributed by atoms with Crippen LogP contribution in [0.2, 0.25) is 0 Å². The molecule has 1 heterocycles. The van der Waals surface area contributed by atoms with E-state index in [0.29, 0.717) is 31.2 Å². The van der Waals surface area contributed by atoms with E-state index in [0.717, 1.165) is 29.8 Å². The van der Waals surface area contributed by atoms with Gasteiger partial charge in [-0.25, -0.2) is 0 Å². The summed E-state index contributed by atoms with van der Waals surface area (Å²) in [6.45, 7) is 4.18. The summed E-state index contributed by atoms with van der Waals surface area (Å²) in [6.07, 6.45) is 2.69. The number of carbonyl (C=O) groups excluding carboxylic acids is 2. The molecular formula is C16H24N2O4S. The van der Waals surface area contributed by atoms with Gasteiger partial charge in [-0.3, -0.25) is 9.59 Å². The first-order valence-electron chi connectivity index (χ1n) is 7.88. The van der Waals surface area contributed by atoms with Gasteiger partial charge in [-0.05, 0) is 37.8 Å². The maximum Gasteiger partial charge on any atom is 0.261 e. The highest BCUT2D eigenvalue weighted by molar-refractivity contribution is 7.18. The van der Waals surface area contributed by atoms with Gasteiger partial charge < -0.3 is 20.1 Å². The van der Waals surface area contributed by atoms with E-state index in [-0.39, 0.29) is 17.7 Å². The quantitative estimate of drug-likeness (QED) is 0.640. The maximum absolute atomic E-state index is 12.2. The topological polar surface area (TPSA) is 76.7 Å². The standard InChI is InChI=1S/C16H24N2O4S/c1-11-10-13(18-15(19)12-4-5-12)23-14(11)16(20)17-6-3-7-22-9-8-21-2/h10,12H,3-9H2,1-2H3,(H,17,20)(H,18,19). The van der Waals surface area contributed by atoms with Gasteiger partial charge in [-0.15, -0.1) is 11.3 Å². The van der Waals surface area contributed by atoms with Gasteiger partial charge in [-0.1, -0.05) is 0 Å². The lowest BCUT2D eigenvalue weighted by atomic mass is 10.2. The molecule has 0 bridgehead atoms. The molecule has 0 unspecified atom stereocenters. The lowest BCUT2D eigenvalue weighted by Gasteiger charge is -2.05. The van der Waals surface area contributed by atoms with E-state index < -0.39 is 0 Å². The minimum Gasteiger partial charge on any atom is -0.382 e. The van der Waals surface area contributed by atoms with Crippen LogP contribution >= 0.6 is 11.3 Å². The number of methoxy groups -OCH3 is 1. The Morgan fingerprint density at radius 2 is 2.09 bits per heavy atom. The molecule has 23 heavy (non-hydrogen) atoms. The predicted molar refractivity (Wildman–Crippen MR) is 90.1 cm³/mol. The van der Waals surface area contributed by atoms with E-state index in [2.05, 4.69) is 10.6 Å². The number of amides is 2. The third kappa shape index (κ3) is 5.93. The van der Waals surface area contributed by atoms with Gasteiger partial charge in [-0.2, -0.15) is 0 Å². The number of hydrogen-bond donors (Lipinski definition) is 2. The van der Waals surface area contributed by atoms with Crippen LogP contribution in [0.1, 0.15) is 34.5 Å². The van der Waals surface area contributed by atoms with E-state index in [1.54, 1.807) is 7.11 Å². The average Bonchev–Trinajstić information content (AvgIpc) is 3.30. The van der Waals surface area contributed by atoms with E-state index >= 15 is 0 Å². The number of nitrogens with one attached hydrogen (secondary N) is 2. The number of anilines is 1. The van der Waals surface area contributed by atoms with E-state index in [4.69, 9.17) is 9.47 Å². The second-order valence-corrected chi connectivity index (χ2v) is 6.65. The van der Waals surface area contributed by atoms with Crippen LogP contribution < -0.4 is 10.6 Å². The van der Waals surface area contributed by atoms with Crippen LogP contribution in [0.15, 0.2) is 6.07 Å². The number of rotatable bonds is 10. The zero-order valence-electron chi connectivity index (χ0n) is 13.6. The molecule has 1 aliphatic carbocycles. The Morgan fingerprint density at radius 3 is 2.78 bits per heavy atom. The molecule has 2 rings (SSSR count). The van der Waals surface area contributed by atoms with Crippen LogP contribution in [0.4, 0.5) is 5.00 Å². The third-order valence-corrected chi connectivity index (χ3v) is 4.65. The van der Waals surface area contributed by atoms with Crippen molar-refractivity contribution in [1.82, 2.24) is 5.32 Å². The number of thiophene rings is 1. The van der Waals surface area contributed by atoms with Crippen molar-refractivity contribution in [3.63, 3.8) is 0 Å². The first-order chi connectivity index (χ1) is 11.1. The smallest absolute Gasteiger partial charge is 0.261 e. The zero-order valence-corrected chi connectivity index (χ0v) is 14.5. The number of hydrogen-bond acceptors (Lipinski definition) is 5. The van der Waals surface area contributed by atoms with Crippen LogP contribution in [-0.4, -0.2) is 45.3 Å². The highest BCUT2D eigenvalue weighted by atomic mass is 32.1. The number of ether oxygens (including phenoxy) is 2. The van der Waals surface area contributed by atoms with E-state index in [9.17, 15) is 9.59 Å². The van der Waals surface area contributed by atoms with Crippen LogP contribution in [0.3, 0.4) is 0 Å². The monoisotopic (exact) mass is 340 g/mol. The molecular weight excluding hydrogens is 316 g/mol. The third-order valence-electron chi connectivity index (χ3n) is 3.50. The highest BCUT2D eigenvalue weighted by Crippen LogP contribution is 2.32. The first kappa shape index (κ1) is 17.9. The summed E-state index contributed by atoms with van der Waals surface area (Å²) in [7, 11) is 1.63. The van der Waals surface area contributed by atoms with Crippen molar-refractivity contribution in [3.8, 4) is 0 Å². The predicted octanol–water partition coefficient (Wildman–Crippen LogP) is 2.19. The summed E-state index contributed by atoms with van der Waals surface area (Å²) in [4.78, 5) is 24.6. The Labute approximate surface area is 140 Å². The van der Waals surface area contributed by atoms with Crippen molar-refractivity contribution in [2.45, 2.75) is 26.2 Å². The average molecular weight is 340 g/mol. The van der Waals surface area contributed by atoms with Crippen LogP contribution in [-0.2, 0) is 14.3 Å². The molecule has 7 heteroatoms. The van der Waals surface area contributed by atoms with Crippen molar-refractivity contribution >= 4 is 28.2 Å². The molecule has 0 spiro atoms. The second kappa shape index (κ2) is 9.00. The summed E-state index contributed by atoms with van der Waals surface area (Å²) >= 11 is 1.32. The summed E-state index contributed by atoms with van der Waals surface area (Å²) < 4.78 is 10.2. The Bertz CT molecular complexity index is 540. The fourth-order valence-electron chi connectivity index (χ4n) is 2.04. The van der Waals surface area contributed by atoms with E-state index in [1.165, 1.54) is 11.3 Å². The molecule has 6 nitrogen and oxygen atoms in total. The van der Waals surface area contributed by atoms with Crippen molar-refractivity contribution in [1.29, 1.82) is 0 Å². The Morgan fingerprint density at radius 1 is 1.30 bits per heavy atom. The molecule has 2 amide bonds. The van der Waals surface area contributed by atoms with Crippen LogP contribution in [0.25, 0.3) is 0 Å². The van der Waals surface area contributed by atoms with Gasteiger partial charge in [0.25, 0.3) is 5.91 Å². The fourth-order valence-corrected chi connectivity index (χ4v) is 3.03. The summed E-state index contributed by atoms with van der Waals surface area (Å²) in [5.41, 5.74) is 0.884. The van der Waals surface area contributed by atoms with Crippen LogP contribution in [0, 0.1) is 12.8 Å². The van der Waals surface area contributed by atoms with E-state index in [1.807, 2.05) is 13.0 Å². The van der Waals surface area contributed by atoms with Gasteiger partial charge in [0.2, 0.25) is 5.91 Å². The summed E-state index contributed by atoms with van der Waals surface area (Å²) in [5, 5.41) is 6.51. The number of aryl methyl sites for hydroxylation is 1. The molecule has 1 aliphatic rings. The van der Waals surface area contributed by atoms with Gasteiger partial charge in [0, 0.05) is 26.2 Å². The molecule has 0 radical (unpaired) electrons. The molecule has 1 saturated carbocycles. The van der Waals surface area contributed by atoms with Crippen molar-refractivity contribution in [3.05, 3.63) is 16.5 Å². The first-order valence-corrected chi connectivity index (χ1v) is 8.69. The SMILES string of the molecule is COCCOCCCNC(=O)c1sc(NC(=O)C2CC2)cc1C. The van der Waals surface area contributed by atoms with Crippen LogP contribution in [0.5, 0.6) is 0 Å². The summed E-state index contributed by atoms with van der Waals surface area (Å²) in [6, 6.07) is 1.85. The fraction of sp³-hybridized carbons (Fsp3) is 0.625. The molecule has 2 N–H and O–H groups in total. The minimum absolute atomic E-state index is 0.0615. The molecule has 128 valence electrons. The van der Waals surface area contributed by atoms with Crippen molar-refractivity contribution in [2.24, 2.45) is 5.92 Å².